The fourth-order valence-corrected chi connectivity index (χ4v) is 0.987. The summed E-state index contributed by atoms with van der Waals surface area (Å²) in [4.78, 5) is 20.5. The van der Waals surface area contributed by atoms with Crippen LogP contribution in [0.1, 0.15) is 13.3 Å². The Kier molecular flexibility index (Phi) is 5.35. The van der Waals surface area contributed by atoms with Crippen LogP contribution in [0.3, 0.4) is 0 Å². The second-order valence-electron chi connectivity index (χ2n) is 2.70. The highest BCUT2D eigenvalue weighted by Gasteiger charge is 2.11. The highest BCUT2D eigenvalue weighted by molar-refractivity contribution is 5.77. The number of hydrogen-bond donors (Lipinski definition) is 0. The molecule has 3 nitrogen and oxygen atoms in total. The summed E-state index contributed by atoms with van der Waals surface area (Å²) in [6.07, 6.45) is 5.14. The fourth-order valence-electron chi connectivity index (χ4n) is 0.987. The van der Waals surface area contributed by atoms with Gasteiger partial charge >= 0.3 is 0 Å². The Morgan fingerprint density at radius 2 is 2.15 bits per heavy atom. The van der Waals surface area contributed by atoms with Crippen LogP contribution in [0.4, 0.5) is 0 Å². The van der Waals surface area contributed by atoms with E-state index in [0.717, 1.165) is 5.57 Å². The van der Waals surface area contributed by atoms with E-state index in [-0.39, 0.29) is 12.3 Å². The predicted octanol–water partition coefficient (Wildman–Crippen LogP) is 2.60. The van der Waals surface area contributed by atoms with Gasteiger partial charge in [0.2, 0.25) is 0 Å². The first-order valence-corrected chi connectivity index (χ1v) is 3.97. The predicted molar refractivity (Wildman–Crippen MR) is 53.1 cm³/mol. The zero-order valence-corrected chi connectivity index (χ0v) is 7.69. The van der Waals surface area contributed by atoms with Gasteiger partial charge in [-0.3, -0.25) is 4.79 Å². The summed E-state index contributed by atoms with van der Waals surface area (Å²) in [5, 5.41) is 2.33. The highest BCUT2D eigenvalue weighted by atomic mass is 16.3. The molecule has 1 amide bonds. The lowest BCUT2D eigenvalue weighted by atomic mass is 9.97. The van der Waals surface area contributed by atoms with Crippen molar-refractivity contribution in [3.05, 3.63) is 41.9 Å². The molecule has 0 aromatic heterocycles. The molecule has 0 fully saturated rings. The van der Waals surface area contributed by atoms with E-state index in [2.05, 4.69) is 18.3 Å². The molecule has 0 N–H and O–H groups in total. The smallest absolute Gasteiger partial charge is 0.269 e. The standard InChI is InChI=1S/C10H13NO2/c1-4-6-9(5-2)8(3)7-10(12)11-13/h4-6,8H,1-2,7H2,3H3/b9-6+. The maximum absolute atomic E-state index is 10.7. The normalized spacial score (nSPS) is 13.2. The monoisotopic (exact) mass is 179 g/mol. The van der Waals surface area contributed by atoms with E-state index in [1.165, 1.54) is 0 Å². The maximum Gasteiger partial charge on any atom is 0.286 e. The van der Waals surface area contributed by atoms with Gasteiger partial charge in [0.25, 0.3) is 5.91 Å². The molecule has 0 heterocycles. The molecule has 0 rings (SSSR count). The highest BCUT2D eigenvalue weighted by Crippen LogP contribution is 2.16. The molecule has 0 aliphatic carbocycles. The molecule has 0 aromatic carbocycles. The first kappa shape index (κ1) is 11.5. The maximum atomic E-state index is 10.7. The molecule has 0 bridgehead atoms. The van der Waals surface area contributed by atoms with Gasteiger partial charge in [-0.2, -0.15) is 0 Å². The Hall–Kier alpha value is -1.51. The molecular formula is C10H13NO2. The average molecular weight is 179 g/mol. The third kappa shape index (κ3) is 4.15. The van der Waals surface area contributed by atoms with Gasteiger partial charge in [0, 0.05) is 11.6 Å². The lowest BCUT2D eigenvalue weighted by molar-refractivity contribution is -0.118. The summed E-state index contributed by atoms with van der Waals surface area (Å²) < 4.78 is 0. The number of nitrogens with zero attached hydrogens (tertiary/aromatic N) is 1. The van der Waals surface area contributed by atoms with Gasteiger partial charge in [-0.1, -0.05) is 38.3 Å². The van der Waals surface area contributed by atoms with Crippen molar-refractivity contribution in [2.24, 2.45) is 11.1 Å². The van der Waals surface area contributed by atoms with E-state index in [4.69, 9.17) is 0 Å². The lowest BCUT2D eigenvalue weighted by Gasteiger charge is -2.08. The van der Waals surface area contributed by atoms with Crippen molar-refractivity contribution in [3.8, 4) is 0 Å². The van der Waals surface area contributed by atoms with Crippen molar-refractivity contribution in [2.75, 3.05) is 0 Å². The van der Waals surface area contributed by atoms with Crippen LogP contribution in [-0.4, -0.2) is 5.91 Å². The van der Waals surface area contributed by atoms with Crippen LogP contribution >= 0.6 is 0 Å². The topological polar surface area (TPSA) is 46.5 Å². The molecule has 0 aromatic rings. The average Bonchev–Trinajstić information content (AvgIpc) is 2.13. The molecule has 0 aliphatic rings. The van der Waals surface area contributed by atoms with E-state index < -0.39 is 5.91 Å². The molecule has 70 valence electrons. The Morgan fingerprint density at radius 1 is 1.54 bits per heavy atom. The van der Waals surface area contributed by atoms with Crippen LogP contribution in [0.5, 0.6) is 0 Å². The van der Waals surface area contributed by atoms with Crippen molar-refractivity contribution in [1.82, 2.24) is 0 Å². The van der Waals surface area contributed by atoms with Gasteiger partial charge in [-0.25, -0.2) is 0 Å². The molecule has 0 saturated carbocycles. The van der Waals surface area contributed by atoms with Crippen LogP contribution in [0.25, 0.3) is 0 Å². The van der Waals surface area contributed by atoms with Crippen LogP contribution in [0, 0.1) is 10.8 Å². The van der Waals surface area contributed by atoms with Gasteiger partial charge in [-0.15, -0.1) is 4.91 Å². The Labute approximate surface area is 77.8 Å². The first-order valence-electron chi connectivity index (χ1n) is 3.97. The first-order chi connectivity index (χ1) is 6.15. The number of carbonyl (C=O) groups is 1. The summed E-state index contributed by atoms with van der Waals surface area (Å²) >= 11 is 0. The number of amides is 1. The number of allylic oxidation sites excluding steroid dienone is 4. The van der Waals surface area contributed by atoms with Crippen molar-refractivity contribution in [2.45, 2.75) is 13.3 Å². The Balaban J connectivity index is 4.37. The summed E-state index contributed by atoms with van der Waals surface area (Å²) in [6.45, 7) is 8.97. The number of hydrogen-bond acceptors (Lipinski definition) is 2. The van der Waals surface area contributed by atoms with Crippen molar-refractivity contribution >= 4 is 5.91 Å². The summed E-state index contributed by atoms with van der Waals surface area (Å²) in [7, 11) is 0. The van der Waals surface area contributed by atoms with E-state index in [0.29, 0.717) is 0 Å². The summed E-state index contributed by atoms with van der Waals surface area (Å²) in [6, 6.07) is 0. The Morgan fingerprint density at radius 3 is 2.54 bits per heavy atom. The van der Waals surface area contributed by atoms with Gasteiger partial charge in [0.05, 0.1) is 0 Å². The van der Waals surface area contributed by atoms with Crippen LogP contribution in [-0.2, 0) is 4.79 Å². The molecule has 0 spiro atoms. The fraction of sp³-hybridized carbons (Fsp3) is 0.300. The van der Waals surface area contributed by atoms with Crippen LogP contribution in [0.15, 0.2) is 42.1 Å². The van der Waals surface area contributed by atoms with Gasteiger partial charge in [0.15, 0.2) is 0 Å². The molecule has 3 heteroatoms. The minimum Gasteiger partial charge on any atom is -0.269 e. The van der Waals surface area contributed by atoms with E-state index in [1.54, 1.807) is 18.2 Å². The molecule has 0 radical (unpaired) electrons. The third-order valence-electron chi connectivity index (χ3n) is 1.70. The van der Waals surface area contributed by atoms with E-state index in [9.17, 15) is 9.70 Å². The zero-order valence-electron chi connectivity index (χ0n) is 7.69. The molecule has 1 unspecified atom stereocenters. The van der Waals surface area contributed by atoms with Gasteiger partial charge in [-0.05, 0) is 11.5 Å². The summed E-state index contributed by atoms with van der Waals surface area (Å²) in [5.74, 6) is -0.676. The Bertz CT molecular complexity index is 254. The van der Waals surface area contributed by atoms with Crippen molar-refractivity contribution in [3.63, 3.8) is 0 Å². The van der Waals surface area contributed by atoms with Crippen LogP contribution in [0.2, 0.25) is 0 Å². The second kappa shape index (κ2) is 6.06. The molecule has 13 heavy (non-hydrogen) atoms. The second-order valence-corrected chi connectivity index (χ2v) is 2.70. The van der Waals surface area contributed by atoms with Gasteiger partial charge < -0.3 is 0 Å². The largest absolute Gasteiger partial charge is 0.286 e. The summed E-state index contributed by atoms with van der Waals surface area (Å²) in [5.41, 5.74) is 0.881. The molecule has 1 atom stereocenters. The minimum atomic E-state index is -0.635. The van der Waals surface area contributed by atoms with Crippen LogP contribution < -0.4 is 0 Å². The van der Waals surface area contributed by atoms with E-state index >= 15 is 0 Å². The van der Waals surface area contributed by atoms with E-state index in [1.807, 2.05) is 6.92 Å². The molecule has 0 saturated heterocycles. The quantitative estimate of drug-likeness (QED) is 0.481. The molecule has 0 aliphatic heterocycles. The zero-order chi connectivity index (χ0) is 10.3. The minimum absolute atomic E-state index is 0.0410. The SMILES string of the molecule is C=C/C=C(\C=C)C(C)CC(=O)N=O. The number of carbonyl (C=O) groups excluding carboxylic acids is 1. The number of rotatable bonds is 5. The molecular weight excluding hydrogens is 166 g/mol. The third-order valence-corrected chi connectivity index (χ3v) is 1.70. The number of nitroso groups, excluding NO2 is 1. The van der Waals surface area contributed by atoms with Crippen molar-refractivity contribution < 1.29 is 4.79 Å². The lowest BCUT2D eigenvalue weighted by Crippen LogP contribution is -2.04. The van der Waals surface area contributed by atoms with Crippen molar-refractivity contribution in [1.29, 1.82) is 0 Å². The van der Waals surface area contributed by atoms with Gasteiger partial charge in [0.1, 0.15) is 0 Å².